The van der Waals surface area contributed by atoms with Gasteiger partial charge in [0.05, 0.1) is 24.4 Å². The van der Waals surface area contributed by atoms with Gasteiger partial charge < -0.3 is 15.2 Å². The smallest absolute Gasteiger partial charge is 0.119 e. The van der Waals surface area contributed by atoms with Gasteiger partial charge in [0.1, 0.15) is 5.75 Å². The first-order chi connectivity index (χ1) is 9.24. The first kappa shape index (κ1) is 12.3. The summed E-state index contributed by atoms with van der Waals surface area (Å²) in [5.41, 5.74) is 3.87. The van der Waals surface area contributed by atoms with Crippen molar-refractivity contribution in [3.63, 3.8) is 0 Å². The van der Waals surface area contributed by atoms with Crippen molar-refractivity contribution in [1.82, 2.24) is 0 Å². The van der Waals surface area contributed by atoms with E-state index in [2.05, 4.69) is 5.32 Å². The third-order valence-electron chi connectivity index (χ3n) is 3.50. The van der Waals surface area contributed by atoms with Crippen LogP contribution in [0.4, 0.5) is 11.4 Å². The second kappa shape index (κ2) is 4.76. The molecule has 0 amide bonds. The Hall–Kier alpha value is -1.71. The number of ether oxygens (including phenoxy) is 1. The maximum atomic E-state index is 9.73. The molecule has 1 unspecified atom stereocenters. The zero-order chi connectivity index (χ0) is 13.4. The number of rotatable bonds is 2. The SMILES string of the molecule is COc1ccc2c(c1)C(CO)c1cccc(Cl)c1N2. The summed E-state index contributed by atoms with van der Waals surface area (Å²) in [6.45, 7) is 0.0369. The fraction of sp³-hybridized carbons (Fsp3) is 0.200. The summed E-state index contributed by atoms with van der Waals surface area (Å²) in [5, 5.41) is 13.7. The second-order valence-corrected chi connectivity index (χ2v) is 4.92. The summed E-state index contributed by atoms with van der Waals surface area (Å²) in [6.07, 6.45) is 0. The van der Waals surface area contributed by atoms with Gasteiger partial charge >= 0.3 is 0 Å². The number of nitrogens with one attached hydrogen (secondary N) is 1. The van der Waals surface area contributed by atoms with Gasteiger partial charge in [-0.3, -0.25) is 0 Å². The molecule has 1 aliphatic rings. The summed E-state index contributed by atoms with van der Waals surface area (Å²) < 4.78 is 5.25. The Labute approximate surface area is 116 Å². The highest BCUT2D eigenvalue weighted by Crippen LogP contribution is 2.44. The minimum atomic E-state index is -0.0833. The quantitative estimate of drug-likeness (QED) is 0.881. The van der Waals surface area contributed by atoms with Crippen LogP contribution in [0.2, 0.25) is 5.02 Å². The number of fused-ring (bicyclic) bond motifs is 2. The van der Waals surface area contributed by atoms with E-state index in [-0.39, 0.29) is 12.5 Å². The standard InChI is InChI=1S/C15H14ClNO2/c1-19-9-5-6-14-11(7-9)12(8-18)10-3-2-4-13(16)15(10)17-14/h2-7,12,17-18H,8H2,1H3. The van der Waals surface area contributed by atoms with Gasteiger partial charge in [0.2, 0.25) is 0 Å². The molecule has 0 saturated heterocycles. The van der Waals surface area contributed by atoms with E-state index in [4.69, 9.17) is 16.3 Å². The van der Waals surface area contributed by atoms with Gasteiger partial charge in [-0.1, -0.05) is 23.7 Å². The van der Waals surface area contributed by atoms with Crippen LogP contribution < -0.4 is 10.1 Å². The summed E-state index contributed by atoms with van der Waals surface area (Å²) in [6, 6.07) is 11.5. The zero-order valence-electron chi connectivity index (χ0n) is 10.5. The highest BCUT2D eigenvalue weighted by atomic mass is 35.5. The third-order valence-corrected chi connectivity index (χ3v) is 3.81. The number of hydrogen-bond acceptors (Lipinski definition) is 3. The number of hydrogen-bond donors (Lipinski definition) is 2. The van der Waals surface area contributed by atoms with Crippen LogP contribution in [0.5, 0.6) is 5.75 Å². The van der Waals surface area contributed by atoms with Crippen LogP contribution in [0, 0.1) is 0 Å². The molecule has 1 atom stereocenters. The van der Waals surface area contributed by atoms with E-state index in [9.17, 15) is 5.11 Å². The van der Waals surface area contributed by atoms with E-state index in [1.54, 1.807) is 7.11 Å². The molecule has 3 rings (SSSR count). The van der Waals surface area contributed by atoms with Crippen LogP contribution in [0.25, 0.3) is 0 Å². The predicted molar refractivity (Wildman–Crippen MR) is 76.7 cm³/mol. The van der Waals surface area contributed by atoms with Crippen LogP contribution in [-0.2, 0) is 0 Å². The number of aliphatic hydroxyl groups is 1. The first-order valence-electron chi connectivity index (χ1n) is 6.09. The number of anilines is 2. The summed E-state index contributed by atoms with van der Waals surface area (Å²) in [7, 11) is 1.64. The Balaban J connectivity index is 2.18. The van der Waals surface area contributed by atoms with Gasteiger partial charge in [-0.15, -0.1) is 0 Å². The average molecular weight is 276 g/mol. The van der Waals surface area contributed by atoms with Crippen molar-refractivity contribution >= 4 is 23.0 Å². The third kappa shape index (κ3) is 1.95. The number of methoxy groups -OCH3 is 1. The Kier molecular flexibility index (Phi) is 3.09. The Morgan fingerprint density at radius 3 is 2.84 bits per heavy atom. The number of para-hydroxylation sites is 1. The normalized spacial score (nSPS) is 16.3. The van der Waals surface area contributed by atoms with Gasteiger partial charge in [0.25, 0.3) is 0 Å². The van der Waals surface area contributed by atoms with Gasteiger partial charge in [-0.05, 0) is 35.4 Å². The number of aliphatic hydroxyl groups excluding tert-OH is 1. The van der Waals surface area contributed by atoms with Crippen LogP contribution >= 0.6 is 11.6 Å². The minimum Gasteiger partial charge on any atom is -0.497 e. The van der Waals surface area contributed by atoms with E-state index in [1.165, 1.54) is 0 Å². The zero-order valence-corrected chi connectivity index (χ0v) is 11.2. The van der Waals surface area contributed by atoms with Gasteiger partial charge in [-0.2, -0.15) is 0 Å². The Bertz CT molecular complexity index is 628. The van der Waals surface area contributed by atoms with Gasteiger partial charge in [0, 0.05) is 11.6 Å². The molecule has 0 radical (unpaired) electrons. The van der Waals surface area contributed by atoms with Gasteiger partial charge in [0.15, 0.2) is 0 Å². The molecule has 2 aromatic carbocycles. The fourth-order valence-corrected chi connectivity index (χ4v) is 2.76. The van der Waals surface area contributed by atoms with Crippen LogP contribution in [-0.4, -0.2) is 18.8 Å². The minimum absolute atomic E-state index is 0.0369. The lowest BCUT2D eigenvalue weighted by Gasteiger charge is -2.29. The molecule has 0 aliphatic carbocycles. The molecular weight excluding hydrogens is 262 g/mol. The summed E-state index contributed by atoms with van der Waals surface area (Å²) >= 11 is 6.22. The van der Waals surface area contributed by atoms with Crippen LogP contribution in [0.1, 0.15) is 17.0 Å². The molecule has 1 heterocycles. The Morgan fingerprint density at radius 1 is 1.26 bits per heavy atom. The predicted octanol–water partition coefficient (Wildman–Crippen LogP) is 3.53. The summed E-state index contributed by atoms with van der Waals surface area (Å²) in [4.78, 5) is 0. The van der Waals surface area contributed by atoms with Crippen molar-refractivity contribution in [1.29, 1.82) is 0 Å². The highest BCUT2D eigenvalue weighted by molar-refractivity contribution is 6.33. The average Bonchev–Trinajstić information content (AvgIpc) is 2.45. The molecule has 0 spiro atoms. The topological polar surface area (TPSA) is 41.5 Å². The van der Waals surface area contributed by atoms with E-state index in [0.717, 1.165) is 28.3 Å². The second-order valence-electron chi connectivity index (χ2n) is 4.52. The molecule has 2 N–H and O–H groups in total. The van der Waals surface area contributed by atoms with Crippen LogP contribution in [0.15, 0.2) is 36.4 Å². The summed E-state index contributed by atoms with van der Waals surface area (Å²) in [5.74, 6) is 0.699. The molecule has 3 nitrogen and oxygen atoms in total. The molecule has 0 bridgehead atoms. The fourth-order valence-electron chi connectivity index (χ4n) is 2.53. The van der Waals surface area contributed by atoms with E-state index >= 15 is 0 Å². The lowest BCUT2D eigenvalue weighted by molar-refractivity contribution is 0.280. The van der Waals surface area contributed by atoms with E-state index < -0.39 is 0 Å². The van der Waals surface area contributed by atoms with Crippen molar-refractivity contribution in [3.8, 4) is 5.75 Å². The lowest BCUT2D eigenvalue weighted by atomic mass is 9.86. The number of benzene rings is 2. The van der Waals surface area contributed by atoms with Crippen molar-refractivity contribution in [2.75, 3.05) is 19.0 Å². The Morgan fingerprint density at radius 2 is 2.11 bits per heavy atom. The van der Waals surface area contributed by atoms with Crippen molar-refractivity contribution in [2.24, 2.45) is 0 Å². The molecule has 0 fully saturated rings. The van der Waals surface area contributed by atoms with E-state index in [1.807, 2.05) is 36.4 Å². The van der Waals surface area contributed by atoms with Crippen molar-refractivity contribution in [2.45, 2.75) is 5.92 Å². The lowest BCUT2D eigenvalue weighted by Crippen LogP contribution is -2.16. The maximum absolute atomic E-state index is 9.73. The van der Waals surface area contributed by atoms with Crippen molar-refractivity contribution < 1.29 is 9.84 Å². The molecule has 0 aromatic heterocycles. The molecule has 98 valence electrons. The van der Waals surface area contributed by atoms with Crippen LogP contribution in [0.3, 0.4) is 0 Å². The molecule has 2 aromatic rings. The number of halogens is 1. The van der Waals surface area contributed by atoms with Gasteiger partial charge in [-0.25, -0.2) is 0 Å². The maximum Gasteiger partial charge on any atom is 0.119 e. The molecule has 19 heavy (non-hydrogen) atoms. The molecule has 4 heteroatoms. The monoisotopic (exact) mass is 275 g/mol. The highest BCUT2D eigenvalue weighted by Gasteiger charge is 2.26. The van der Waals surface area contributed by atoms with Crippen molar-refractivity contribution in [3.05, 3.63) is 52.5 Å². The molecular formula is C15H14ClNO2. The molecule has 0 saturated carbocycles. The molecule has 1 aliphatic heterocycles. The first-order valence-corrected chi connectivity index (χ1v) is 6.46. The largest absolute Gasteiger partial charge is 0.497 e. The van der Waals surface area contributed by atoms with E-state index in [0.29, 0.717) is 5.02 Å².